The van der Waals surface area contributed by atoms with E-state index in [9.17, 15) is 19.2 Å². The lowest BCUT2D eigenvalue weighted by atomic mass is 10.1. The van der Waals surface area contributed by atoms with Crippen LogP contribution in [0.25, 0.3) is 0 Å². The number of carbonyl (C=O) groups is 4. The number of hydrogen-bond donors (Lipinski definition) is 2. The van der Waals surface area contributed by atoms with Crippen molar-refractivity contribution >= 4 is 58.2 Å². The maximum absolute atomic E-state index is 13.1. The van der Waals surface area contributed by atoms with Crippen molar-refractivity contribution in [1.82, 2.24) is 0 Å². The van der Waals surface area contributed by atoms with Crippen molar-refractivity contribution in [2.45, 2.75) is 37.8 Å². The number of nitrogens with two attached hydrogens (primary N) is 2. The van der Waals surface area contributed by atoms with Gasteiger partial charge >= 0.3 is 0 Å². The van der Waals surface area contributed by atoms with Gasteiger partial charge in [-0.15, -0.1) is 0 Å². The van der Waals surface area contributed by atoms with Gasteiger partial charge in [0.05, 0.1) is 37.3 Å². The van der Waals surface area contributed by atoms with E-state index >= 15 is 0 Å². The molecule has 0 aliphatic carbocycles. The van der Waals surface area contributed by atoms with Gasteiger partial charge < -0.3 is 10.6 Å². The van der Waals surface area contributed by atoms with E-state index in [2.05, 4.69) is 0 Å². The minimum Gasteiger partial charge on any atom is -0.335 e. The zero-order valence-corrected chi connectivity index (χ0v) is 23.3. The van der Waals surface area contributed by atoms with Crippen LogP contribution in [-0.4, -0.2) is 48.8 Å². The molecular formula is C30H30Cl2N4O4+2. The van der Waals surface area contributed by atoms with Gasteiger partial charge in [-0.25, -0.2) is 9.80 Å². The fourth-order valence-electron chi connectivity index (χ4n) is 5.25. The van der Waals surface area contributed by atoms with Gasteiger partial charge in [0.1, 0.15) is 0 Å². The molecule has 0 bridgehead atoms. The molecule has 0 saturated carbocycles. The Labute approximate surface area is 242 Å². The van der Waals surface area contributed by atoms with Gasteiger partial charge in [-0.3, -0.25) is 19.2 Å². The Bertz CT molecular complexity index is 1340. The smallest absolute Gasteiger partial charge is 0.292 e. The van der Waals surface area contributed by atoms with Crippen LogP contribution in [0, 0.1) is 0 Å². The molecule has 2 aliphatic rings. The summed E-state index contributed by atoms with van der Waals surface area (Å²) in [6.45, 7) is 1.24. The Morgan fingerprint density at radius 1 is 0.600 bits per heavy atom. The highest BCUT2D eigenvalue weighted by Gasteiger charge is 2.44. The van der Waals surface area contributed by atoms with Crippen LogP contribution in [0.2, 0.25) is 10.0 Å². The van der Waals surface area contributed by atoms with Crippen LogP contribution in [0.5, 0.6) is 0 Å². The third-order valence-electron chi connectivity index (χ3n) is 7.37. The molecule has 206 valence electrons. The lowest BCUT2D eigenvalue weighted by Gasteiger charge is -2.18. The maximum Gasteiger partial charge on any atom is 0.292 e. The second kappa shape index (κ2) is 12.3. The third-order valence-corrected chi connectivity index (χ3v) is 8.11. The Hall–Kier alpha value is -3.56. The predicted octanol–water partition coefficient (Wildman–Crippen LogP) is 1.87. The van der Waals surface area contributed by atoms with Gasteiger partial charge in [0, 0.05) is 22.9 Å². The summed E-state index contributed by atoms with van der Waals surface area (Å²) < 4.78 is 0. The summed E-state index contributed by atoms with van der Waals surface area (Å²) >= 11 is 12.4. The average molecular weight is 582 g/mol. The topological polar surface area (TPSA) is 108 Å². The molecule has 40 heavy (non-hydrogen) atoms. The molecule has 0 spiro atoms. The monoisotopic (exact) mass is 580 g/mol. The number of halogens is 2. The molecule has 2 heterocycles. The highest BCUT2D eigenvalue weighted by Crippen LogP contribution is 2.27. The largest absolute Gasteiger partial charge is 0.335 e. The molecule has 10 heteroatoms. The van der Waals surface area contributed by atoms with Crippen molar-refractivity contribution < 1.29 is 29.8 Å². The minimum atomic E-state index is -0.501. The van der Waals surface area contributed by atoms with Crippen LogP contribution in [0.3, 0.4) is 0 Å². The van der Waals surface area contributed by atoms with Crippen molar-refractivity contribution in [2.75, 3.05) is 22.9 Å². The maximum atomic E-state index is 13.1. The van der Waals surface area contributed by atoms with Gasteiger partial charge in [0.15, 0.2) is 12.1 Å². The number of imide groups is 2. The zero-order valence-electron chi connectivity index (χ0n) is 21.8. The molecule has 4 amide bonds. The SMILES string of the molecule is O=C1C[C@H]([NH2+]CCc2ccccc2Cl)C(=O)N1c1ccc(N2C(=O)C[C@H]([NH2+]CCc3ccccc3Cl)C2=O)cc1. The minimum absolute atomic E-state index is 0.109. The number of carbonyl (C=O) groups excluding carboxylic acids is 4. The van der Waals surface area contributed by atoms with Crippen LogP contribution in [0.4, 0.5) is 11.4 Å². The van der Waals surface area contributed by atoms with E-state index in [0.29, 0.717) is 47.4 Å². The van der Waals surface area contributed by atoms with Crippen molar-refractivity contribution in [3.8, 4) is 0 Å². The van der Waals surface area contributed by atoms with Crippen LogP contribution >= 0.6 is 23.2 Å². The normalized spacial score (nSPS) is 19.2. The number of nitrogens with zero attached hydrogens (tertiary/aromatic N) is 2. The molecule has 0 aromatic heterocycles. The van der Waals surface area contributed by atoms with E-state index in [0.717, 1.165) is 11.1 Å². The second-order valence-electron chi connectivity index (χ2n) is 10.0. The van der Waals surface area contributed by atoms with Gasteiger partial charge in [-0.1, -0.05) is 59.6 Å². The molecule has 2 saturated heterocycles. The Kier molecular flexibility index (Phi) is 8.61. The molecular weight excluding hydrogens is 551 g/mol. The lowest BCUT2D eigenvalue weighted by molar-refractivity contribution is -0.674. The van der Waals surface area contributed by atoms with Crippen LogP contribution in [0.1, 0.15) is 24.0 Å². The van der Waals surface area contributed by atoms with E-state index in [-0.39, 0.29) is 36.5 Å². The summed E-state index contributed by atoms with van der Waals surface area (Å²) in [5, 5.41) is 5.12. The standard InChI is InChI=1S/C30H28Cl2N4O4/c31-23-7-3-1-5-19(23)13-15-33-25-17-27(37)35(29(25)39)21-9-11-22(12-10-21)36-28(38)18-26(30(36)40)34-16-14-20-6-2-4-8-24(20)32/h1-12,25-26,33-34H,13-18H2/p+2/t25-,26-/m0/s1. The number of rotatable bonds is 10. The van der Waals surface area contributed by atoms with Crippen LogP contribution in [0.15, 0.2) is 72.8 Å². The molecule has 5 rings (SSSR count). The van der Waals surface area contributed by atoms with Gasteiger partial charge in [-0.2, -0.15) is 0 Å². The fourth-order valence-corrected chi connectivity index (χ4v) is 5.72. The zero-order chi connectivity index (χ0) is 28.2. The molecule has 3 aromatic carbocycles. The van der Waals surface area contributed by atoms with E-state index in [4.69, 9.17) is 23.2 Å². The first-order valence-electron chi connectivity index (χ1n) is 13.3. The van der Waals surface area contributed by atoms with Gasteiger partial charge in [0.25, 0.3) is 11.8 Å². The first-order chi connectivity index (χ1) is 19.3. The van der Waals surface area contributed by atoms with Gasteiger partial charge in [-0.05, 0) is 47.5 Å². The van der Waals surface area contributed by atoms with Gasteiger partial charge in [0.2, 0.25) is 11.8 Å². The lowest BCUT2D eigenvalue weighted by Crippen LogP contribution is -2.92. The summed E-state index contributed by atoms with van der Waals surface area (Å²) in [5.74, 6) is -1.12. The summed E-state index contributed by atoms with van der Waals surface area (Å²) in [7, 11) is 0. The van der Waals surface area contributed by atoms with E-state index in [1.54, 1.807) is 24.3 Å². The molecule has 4 N–H and O–H groups in total. The average Bonchev–Trinajstić information content (AvgIpc) is 3.39. The Balaban J connectivity index is 1.17. The quantitative estimate of drug-likeness (QED) is 0.357. The van der Waals surface area contributed by atoms with Crippen molar-refractivity contribution in [3.05, 3.63) is 94.0 Å². The van der Waals surface area contributed by atoms with E-state index < -0.39 is 12.1 Å². The molecule has 3 aromatic rings. The number of anilines is 2. The second-order valence-corrected chi connectivity index (χ2v) is 10.8. The Morgan fingerprint density at radius 2 is 0.975 bits per heavy atom. The summed E-state index contributed by atoms with van der Waals surface area (Å²) in [6, 6.07) is 20.5. The number of hydrogen-bond acceptors (Lipinski definition) is 4. The molecule has 8 nitrogen and oxygen atoms in total. The summed E-state index contributed by atoms with van der Waals surface area (Å²) in [4.78, 5) is 53.9. The molecule has 0 radical (unpaired) electrons. The number of quaternary nitrogens is 2. The van der Waals surface area contributed by atoms with Crippen molar-refractivity contribution in [2.24, 2.45) is 0 Å². The fraction of sp³-hybridized carbons (Fsp3) is 0.267. The van der Waals surface area contributed by atoms with Crippen LogP contribution < -0.4 is 20.4 Å². The summed E-state index contributed by atoms with van der Waals surface area (Å²) in [5.41, 5.74) is 2.83. The molecule has 2 atom stereocenters. The number of amides is 4. The molecule has 2 fully saturated rings. The van der Waals surface area contributed by atoms with E-state index in [1.165, 1.54) is 9.80 Å². The first-order valence-corrected chi connectivity index (χ1v) is 14.1. The highest BCUT2D eigenvalue weighted by atomic mass is 35.5. The predicted molar refractivity (Wildman–Crippen MR) is 152 cm³/mol. The first kappa shape index (κ1) is 28.0. The number of benzene rings is 3. The van der Waals surface area contributed by atoms with Crippen LogP contribution in [-0.2, 0) is 32.0 Å². The molecule has 2 aliphatic heterocycles. The third kappa shape index (κ3) is 5.95. The Morgan fingerprint density at radius 3 is 1.35 bits per heavy atom. The van der Waals surface area contributed by atoms with E-state index in [1.807, 2.05) is 59.2 Å². The van der Waals surface area contributed by atoms with Crippen molar-refractivity contribution in [3.63, 3.8) is 0 Å². The van der Waals surface area contributed by atoms with Crippen molar-refractivity contribution in [1.29, 1.82) is 0 Å². The summed E-state index contributed by atoms with van der Waals surface area (Å²) in [6.07, 6.45) is 1.58. The molecule has 0 unspecified atom stereocenters. The highest BCUT2D eigenvalue weighted by molar-refractivity contribution is 6.31.